The van der Waals surface area contributed by atoms with Crippen molar-refractivity contribution in [2.45, 2.75) is 49.2 Å². The maximum Gasteiger partial charge on any atom is 0.301 e. The number of nitrogens with zero attached hydrogens (tertiary/aromatic N) is 3. The number of unbranched alkanes of at least 4 members (excludes halogenated alkanes) is 2. The smallest absolute Gasteiger partial charge is 0.301 e. The molecular formula is C32H30ClN3O4S2. The zero-order chi connectivity index (χ0) is 29.6. The Morgan fingerprint density at radius 1 is 1.00 bits per heavy atom. The summed E-state index contributed by atoms with van der Waals surface area (Å²) in [5.74, 6) is -0.437. The molecule has 42 heavy (non-hydrogen) atoms. The van der Waals surface area contributed by atoms with Gasteiger partial charge in [0.25, 0.3) is 5.78 Å². The highest BCUT2D eigenvalue weighted by atomic mass is 35.5. The van der Waals surface area contributed by atoms with Crippen molar-refractivity contribution in [2.75, 3.05) is 11.5 Å². The fourth-order valence-corrected chi connectivity index (χ4v) is 6.53. The summed E-state index contributed by atoms with van der Waals surface area (Å²) >= 11 is 8.70. The molecule has 3 aromatic carbocycles. The molecule has 0 bridgehead atoms. The molecule has 1 fully saturated rings. The molecule has 1 atom stereocenters. The summed E-state index contributed by atoms with van der Waals surface area (Å²) in [6.45, 7) is 4.69. The number of amides is 1. The van der Waals surface area contributed by atoms with Gasteiger partial charge in [-0.1, -0.05) is 109 Å². The molecule has 1 unspecified atom stereocenters. The number of rotatable bonds is 11. The van der Waals surface area contributed by atoms with Crippen LogP contribution in [0, 0.1) is 6.92 Å². The first-order chi connectivity index (χ1) is 20.4. The highest BCUT2D eigenvalue weighted by Crippen LogP contribution is 2.44. The molecule has 1 aromatic heterocycles. The molecule has 1 aliphatic heterocycles. The lowest BCUT2D eigenvalue weighted by atomic mass is 9.95. The van der Waals surface area contributed by atoms with Crippen molar-refractivity contribution in [3.63, 3.8) is 0 Å². The van der Waals surface area contributed by atoms with Gasteiger partial charge in [0.15, 0.2) is 4.34 Å². The summed E-state index contributed by atoms with van der Waals surface area (Å²) in [4.78, 5) is 28.3. The first-order valence-electron chi connectivity index (χ1n) is 13.7. The summed E-state index contributed by atoms with van der Waals surface area (Å²) < 4.78 is 6.52. The molecule has 0 aliphatic carbocycles. The second-order valence-electron chi connectivity index (χ2n) is 9.93. The van der Waals surface area contributed by atoms with Crippen LogP contribution in [0.15, 0.2) is 82.7 Å². The van der Waals surface area contributed by atoms with Gasteiger partial charge in [-0.15, -0.1) is 10.2 Å². The van der Waals surface area contributed by atoms with E-state index in [-0.39, 0.29) is 16.5 Å². The predicted molar refractivity (Wildman–Crippen MR) is 168 cm³/mol. The Hall–Kier alpha value is -3.66. The van der Waals surface area contributed by atoms with Gasteiger partial charge in [0.1, 0.15) is 11.5 Å². The number of ketones is 1. The molecule has 1 aliphatic rings. The van der Waals surface area contributed by atoms with Crippen LogP contribution in [0.5, 0.6) is 5.75 Å². The third-order valence-electron chi connectivity index (χ3n) is 6.86. The van der Waals surface area contributed by atoms with Crippen LogP contribution >= 0.6 is 34.7 Å². The number of thioether (sulfide) groups is 1. The molecule has 5 rings (SSSR count). The van der Waals surface area contributed by atoms with Crippen molar-refractivity contribution in [1.29, 1.82) is 0 Å². The standard InChI is InChI=1S/C32H30ClN3O4S2/c1-3-4-5-18-40-25-16-12-22(13-17-25)27-26(28(37)23-10-6-20(2)7-11-23)29(38)30(39)36(27)31-34-35-32(42-31)41-19-21-8-14-24(33)15-9-21/h6-17,27,37H,3-5,18-19H2,1-2H3/b28-26-. The molecule has 4 aromatic rings. The lowest BCUT2D eigenvalue weighted by Gasteiger charge is -2.22. The number of anilines is 1. The molecule has 0 radical (unpaired) electrons. The molecule has 1 amide bonds. The number of halogens is 1. The predicted octanol–water partition coefficient (Wildman–Crippen LogP) is 7.99. The Kier molecular flexibility index (Phi) is 9.62. The van der Waals surface area contributed by atoms with Gasteiger partial charge in [-0.25, -0.2) is 0 Å². The third-order valence-corrected chi connectivity index (χ3v) is 9.24. The number of aliphatic hydroxyl groups excluding tert-OH is 1. The number of hydrogen-bond donors (Lipinski definition) is 1. The Bertz CT molecular complexity index is 1590. The Balaban J connectivity index is 1.48. The van der Waals surface area contributed by atoms with Crippen LogP contribution in [0.1, 0.15) is 54.5 Å². The zero-order valence-corrected chi connectivity index (χ0v) is 25.6. The van der Waals surface area contributed by atoms with Crippen LogP contribution in [-0.4, -0.2) is 33.6 Å². The zero-order valence-electron chi connectivity index (χ0n) is 23.2. The maximum absolute atomic E-state index is 13.5. The summed E-state index contributed by atoms with van der Waals surface area (Å²) in [6, 6.07) is 21.1. The van der Waals surface area contributed by atoms with E-state index in [1.54, 1.807) is 12.1 Å². The topological polar surface area (TPSA) is 92.6 Å². The van der Waals surface area contributed by atoms with Gasteiger partial charge in [0.05, 0.1) is 18.2 Å². The van der Waals surface area contributed by atoms with Crippen LogP contribution in [0.4, 0.5) is 5.13 Å². The second-order valence-corrected chi connectivity index (χ2v) is 12.5. The normalized spacial score (nSPS) is 16.3. The minimum Gasteiger partial charge on any atom is -0.507 e. The van der Waals surface area contributed by atoms with Gasteiger partial charge in [-0.05, 0) is 48.7 Å². The van der Waals surface area contributed by atoms with Crippen molar-refractivity contribution >= 4 is 57.3 Å². The number of aryl methyl sites for hydroxylation is 1. The maximum atomic E-state index is 13.5. The van der Waals surface area contributed by atoms with Crippen LogP contribution in [-0.2, 0) is 15.3 Å². The fourth-order valence-electron chi connectivity index (χ4n) is 4.58. The quantitative estimate of drug-likeness (QED) is 0.0454. The first-order valence-corrected chi connectivity index (χ1v) is 15.8. The summed E-state index contributed by atoms with van der Waals surface area (Å²) in [6.07, 6.45) is 3.16. The number of carbonyl (C=O) groups excluding carboxylic acids is 2. The summed E-state index contributed by atoms with van der Waals surface area (Å²) in [5, 5.41) is 20.9. The number of hydrogen-bond acceptors (Lipinski definition) is 8. The molecule has 1 saturated heterocycles. The lowest BCUT2D eigenvalue weighted by molar-refractivity contribution is -0.132. The molecular weight excluding hydrogens is 590 g/mol. The fraction of sp³-hybridized carbons (Fsp3) is 0.250. The minimum atomic E-state index is -0.887. The van der Waals surface area contributed by atoms with E-state index in [9.17, 15) is 14.7 Å². The Labute approximate surface area is 258 Å². The van der Waals surface area contributed by atoms with Crippen LogP contribution in [0.25, 0.3) is 5.76 Å². The van der Waals surface area contributed by atoms with E-state index in [1.165, 1.54) is 28.0 Å². The molecule has 2 heterocycles. The number of ether oxygens (including phenoxy) is 1. The number of carbonyl (C=O) groups is 2. The van der Waals surface area contributed by atoms with E-state index >= 15 is 0 Å². The average molecular weight is 620 g/mol. The van der Waals surface area contributed by atoms with E-state index in [1.807, 2.05) is 67.6 Å². The Morgan fingerprint density at radius 2 is 1.71 bits per heavy atom. The number of aromatic nitrogens is 2. The Morgan fingerprint density at radius 3 is 2.40 bits per heavy atom. The third kappa shape index (κ3) is 6.69. The van der Waals surface area contributed by atoms with Crippen molar-refractivity contribution in [3.8, 4) is 5.75 Å². The highest BCUT2D eigenvalue weighted by Gasteiger charge is 2.48. The number of aliphatic hydroxyl groups is 1. The second kappa shape index (κ2) is 13.5. The van der Waals surface area contributed by atoms with E-state index in [2.05, 4.69) is 17.1 Å². The molecule has 216 valence electrons. The van der Waals surface area contributed by atoms with Gasteiger partial charge in [-0.3, -0.25) is 14.5 Å². The van der Waals surface area contributed by atoms with E-state index in [0.29, 0.717) is 38.6 Å². The lowest BCUT2D eigenvalue weighted by Crippen LogP contribution is -2.29. The molecule has 0 saturated carbocycles. The van der Waals surface area contributed by atoms with Crippen molar-refractivity contribution < 1.29 is 19.4 Å². The summed E-state index contributed by atoms with van der Waals surface area (Å²) in [5.41, 5.74) is 3.18. The molecule has 7 nitrogen and oxygen atoms in total. The van der Waals surface area contributed by atoms with Crippen molar-refractivity contribution in [3.05, 3.63) is 106 Å². The SMILES string of the molecule is CCCCCOc1ccc(C2/C(=C(/O)c3ccc(C)cc3)C(=O)C(=O)N2c2nnc(SCc3ccc(Cl)cc3)s2)cc1. The van der Waals surface area contributed by atoms with Crippen molar-refractivity contribution in [1.82, 2.24) is 10.2 Å². The van der Waals surface area contributed by atoms with E-state index < -0.39 is 17.7 Å². The molecule has 10 heteroatoms. The molecule has 1 N–H and O–H groups in total. The number of benzene rings is 3. The van der Waals surface area contributed by atoms with Crippen LogP contribution < -0.4 is 9.64 Å². The van der Waals surface area contributed by atoms with E-state index in [0.717, 1.165) is 30.4 Å². The van der Waals surface area contributed by atoms with E-state index in [4.69, 9.17) is 16.3 Å². The van der Waals surface area contributed by atoms with Crippen molar-refractivity contribution in [2.24, 2.45) is 0 Å². The minimum absolute atomic E-state index is 0.00559. The van der Waals surface area contributed by atoms with Crippen LogP contribution in [0.3, 0.4) is 0 Å². The highest BCUT2D eigenvalue weighted by molar-refractivity contribution is 8.00. The van der Waals surface area contributed by atoms with Gasteiger partial charge in [0.2, 0.25) is 5.13 Å². The van der Waals surface area contributed by atoms with Gasteiger partial charge in [-0.2, -0.15) is 0 Å². The number of Topliss-reactive ketones (excluding diaryl/α,β-unsaturated/α-hetero) is 1. The average Bonchev–Trinajstić information content (AvgIpc) is 3.57. The monoisotopic (exact) mass is 619 g/mol. The van der Waals surface area contributed by atoms with Crippen LogP contribution in [0.2, 0.25) is 5.02 Å². The largest absolute Gasteiger partial charge is 0.507 e. The molecule has 0 spiro atoms. The van der Waals surface area contributed by atoms with Gasteiger partial charge >= 0.3 is 5.91 Å². The van der Waals surface area contributed by atoms with Gasteiger partial charge < -0.3 is 9.84 Å². The first kappa shape index (κ1) is 29.8. The summed E-state index contributed by atoms with van der Waals surface area (Å²) in [7, 11) is 0. The van der Waals surface area contributed by atoms with Gasteiger partial charge in [0, 0.05) is 16.3 Å².